The third-order valence-electron chi connectivity index (χ3n) is 6.45. The fourth-order valence-corrected chi connectivity index (χ4v) is 5.54. The monoisotopic (exact) mass is 456 g/mol. The van der Waals surface area contributed by atoms with Crippen LogP contribution >= 0.6 is 11.3 Å². The highest BCUT2D eigenvalue weighted by Crippen LogP contribution is 2.32. The average molecular weight is 457 g/mol. The van der Waals surface area contributed by atoms with Gasteiger partial charge >= 0.3 is 0 Å². The van der Waals surface area contributed by atoms with Gasteiger partial charge in [0.25, 0.3) is 5.19 Å². The number of hydrogen-bond acceptors (Lipinski definition) is 4. The molecule has 168 valence electrons. The Kier molecular flexibility index (Phi) is 6.40. The maximum atomic E-state index is 13.2. The molecule has 1 aromatic heterocycles. The molecule has 0 spiro atoms. The van der Waals surface area contributed by atoms with Gasteiger partial charge in [-0.2, -0.15) is 0 Å². The summed E-state index contributed by atoms with van der Waals surface area (Å²) in [6.45, 7) is 3.53. The molecule has 1 fully saturated rings. The maximum absolute atomic E-state index is 13.2. The van der Waals surface area contributed by atoms with Crippen molar-refractivity contribution in [2.45, 2.75) is 38.2 Å². The van der Waals surface area contributed by atoms with Gasteiger partial charge in [0.15, 0.2) is 0 Å². The van der Waals surface area contributed by atoms with E-state index in [-0.39, 0.29) is 17.9 Å². The van der Waals surface area contributed by atoms with Crippen molar-refractivity contribution in [2.24, 2.45) is 0 Å². The van der Waals surface area contributed by atoms with Gasteiger partial charge in [0.2, 0.25) is 5.91 Å². The molecule has 3 aromatic carbocycles. The molecule has 5 rings (SSSR count). The number of aromatic nitrogens is 1. The highest BCUT2D eigenvalue weighted by molar-refractivity contribution is 7.20. The van der Waals surface area contributed by atoms with Crippen LogP contribution in [0, 0.1) is 6.92 Å². The lowest BCUT2D eigenvalue weighted by molar-refractivity contribution is -0.133. The predicted molar refractivity (Wildman–Crippen MR) is 134 cm³/mol. The van der Waals surface area contributed by atoms with E-state index in [4.69, 9.17) is 4.74 Å². The number of para-hydroxylation sites is 1. The molecule has 0 atom stereocenters. The molecule has 0 unspecified atom stereocenters. The van der Waals surface area contributed by atoms with E-state index in [2.05, 4.69) is 54.4 Å². The number of piperidine rings is 1. The molecule has 4 nitrogen and oxygen atoms in total. The molecular weight excluding hydrogens is 428 g/mol. The van der Waals surface area contributed by atoms with E-state index in [0.29, 0.717) is 6.42 Å². The zero-order chi connectivity index (χ0) is 22.6. The van der Waals surface area contributed by atoms with Gasteiger partial charge < -0.3 is 9.64 Å². The fraction of sp³-hybridized carbons (Fsp3) is 0.286. The SMILES string of the molecule is Cc1cccc2sc(OC3CCN(C(=O)CC(c4ccccc4)c4ccccc4)CC3)nc12. The highest BCUT2D eigenvalue weighted by Gasteiger charge is 2.27. The van der Waals surface area contributed by atoms with E-state index in [1.165, 1.54) is 16.7 Å². The van der Waals surface area contributed by atoms with E-state index in [9.17, 15) is 4.79 Å². The van der Waals surface area contributed by atoms with Gasteiger partial charge in [-0.1, -0.05) is 84.1 Å². The van der Waals surface area contributed by atoms with Crippen LogP contribution in [0.25, 0.3) is 10.2 Å². The lowest BCUT2D eigenvalue weighted by Gasteiger charge is -2.32. The molecule has 1 amide bonds. The van der Waals surface area contributed by atoms with E-state index >= 15 is 0 Å². The zero-order valence-corrected chi connectivity index (χ0v) is 19.6. The van der Waals surface area contributed by atoms with Crippen LogP contribution in [0.5, 0.6) is 5.19 Å². The van der Waals surface area contributed by atoms with Crippen molar-refractivity contribution in [2.75, 3.05) is 13.1 Å². The summed E-state index contributed by atoms with van der Waals surface area (Å²) in [7, 11) is 0. The van der Waals surface area contributed by atoms with E-state index in [1.807, 2.05) is 41.3 Å². The molecule has 1 aliphatic heterocycles. The fourth-order valence-electron chi connectivity index (χ4n) is 4.58. The summed E-state index contributed by atoms with van der Waals surface area (Å²) in [6, 6.07) is 26.9. The van der Waals surface area contributed by atoms with Crippen molar-refractivity contribution < 1.29 is 9.53 Å². The maximum Gasteiger partial charge on any atom is 0.274 e. The number of hydrogen-bond donors (Lipinski definition) is 0. The van der Waals surface area contributed by atoms with Crippen LogP contribution in [-0.4, -0.2) is 35.0 Å². The third-order valence-corrected chi connectivity index (χ3v) is 7.36. The van der Waals surface area contributed by atoms with Gasteiger partial charge in [-0.15, -0.1) is 0 Å². The minimum Gasteiger partial charge on any atom is -0.467 e. The van der Waals surface area contributed by atoms with Gasteiger partial charge in [0.05, 0.1) is 10.2 Å². The number of fused-ring (bicyclic) bond motifs is 1. The first kappa shape index (κ1) is 21.7. The van der Waals surface area contributed by atoms with Crippen molar-refractivity contribution in [3.05, 3.63) is 95.6 Å². The standard InChI is InChI=1S/C28H28N2O2S/c1-20-9-8-14-25-27(20)29-28(33-25)32-23-15-17-30(18-16-23)26(31)19-24(21-10-4-2-5-11-21)22-12-6-3-7-13-22/h2-14,23-24H,15-19H2,1H3. The predicted octanol–water partition coefficient (Wildman–Crippen LogP) is 6.20. The average Bonchev–Trinajstić information content (AvgIpc) is 3.28. The summed E-state index contributed by atoms with van der Waals surface area (Å²) in [5.41, 5.74) is 4.56. The van der Waals surface area contributed by atoms with E-state index in [0.717, 1.165) is 41.3 Å². The highest BCUT2D eigenvalue weighted by atomic mass is 32.1. The Morgan fingerprint density at radius 1 is 0.970 bits per heavy atom. The van der Waals surface area contributed by atoms with Crippen LogP contribution in [-0.2, 0) is 4.79 Å². The molecular formula is C28H28N2O2S. The first-order valence-corrected chi connectivity index (χ1v) is 12.4. The molecule has 2 heterocycles. The first-order chi connectivity index (χ1) is 16.2. The van der Waals surface area contributed by atoms with Crippen LogP contribution in [0.2, 0.25) is 0 Å². The van der Waals surface area contributed by atoms with Crippen molar-refractivity contribution in [1.82, 2.24) is 9.88 Å². The molecule has 4 aromatic rings. The smallest absolute Gasteiger partial charge is 0.274 e. The summed E-state index contributed by atoms with van der Waals surface area (Å²) >= 11 is 1.60. The Hall–Kier alpha value is -3.18. The van der Waals surface area contributed by atoms with Gasteiger partial charge in [-0.05, 0) is 29.7 Å². The normalized spacial score (nSPS) is 14.7. The van der Waals surface area contributed by atoms with Gasteiger partial charge in [-0.3, -0.25) is 4.79 Å². The number of carbonyl (C=O) groups is 1. The lowest BCUT2D eigenvalue weighted by Crippen LogP contribution is -2.42. The van der Waals surface area contributed by atoms with Gasteiger partial charge in [-0.25, -0.2) is 4.98 Å². The summed E-state index contributed by atoms with van der Waals surface area (Å²) in [5.74, 6) is 0.279. The number of carbonyl (C=O) groups excluding carboxylic acids is 1. The number of benzene rings is 3. The molecule has 0 saturated carbocycles. The topological polar surface area (TPSA) is 42.4 Å². The molecule has 5 heteroatoms. The Balaban J connectivity index is 1.22. The Labute approximate surface area is 198 Å². The molecule has 33 heavy (non-hydrogen) atoms. The van der Waals surface area contributed by atoms with Crippen molar-refractivity contribution in [1.29, 1.82) is 0 Å². The van der Waals surface area contributed by atoms with Crippen molar-refractivity contribution >= 4 is 27.5 Å². The number of likely N-dealkylation sites (tertiary alicyclic amines) is 1. The molecule has 1 aliphatic rings. The van der Waals surface area contributed by atoms with E-state index < -0.39 is 0 Å². The number of nitrogens with zero attached hydrogens (tertiary/aromatic N) is 2. The summed E-state index contributed by atoms with van der Waals surface area (Å²) in [6.07, 6.45) is 2.26. The summed E-state index contributed by atoms with van der Waals surface area (Å²) in [4.78, 5) is 19.9. The largest absolute Gasteiger partial charge is 0.467 e. The van der Waals surface area contributed by atoms with Crippen molar-refractivity contribution in [3.63, 3.8) is 0 Å². The first-order valence-electron chi connectivity index (χ1n) is 11.6. The second-order valence-electron chi connectivity index (χ2n) is 8.68. The quantitative estimate of drug-likeness (QED) is 0.347. The zero-order valence-electron chi connectivity index (χ0n) is 18.8. The second-order valence-corrected chi connectivity index (χ2v) is 9.67. The number of aryl methyl sites for hydroxylation is 1. The second kappa shape index (κ2) is 9.75. The minimum absolute atomic E-state index is 0.0693. The number of thiazole rings is 1. The van der Waals surface area contributed by atoms with Crippen LogP contribution in [0.1, 0.15) is 41.9 Å². The van der Waals surface area contributed by atoms with Crippen LogP contribution < -0.4 is 4.74 Å². The van der Waals surface area contributed by atoms with Gasteiger partial charge in [0, 0.05) is 38.3 Å². The van der Waals surface area contributed by atoms with E-state index in [1.54, 1.807) is 11.3 Å². The Morgan fingerprint density at radius 3 is 2.21 bits per heavy atom. The number of rotatable bonds is 6. The molecule has 0 radical (unpaired) electrons. The molecule has 0 bridgehead atoms. The summed E-state index contributed by atoms with van der Waals surface area (Å²) < 4.78 is 7.37. The van der Waals surface area contributed by atoms with Gasteiger partial charge in [0.1, 0.15) is 6.10 Å². The van der Waals surface area contributed by atoms with Crippen LogP contribution in [0.3, 0.4) is 0 Å². The van der Waals surface area contributed by atoms with Crippen LogP contribution in [0.4, 0.5) is 0 Å². The Bertz CT molecular complexity index is 1180. The lowest BCUT2D eigenvalue weighted by atomic mass is 9.88. The molecule has 0 N–H and O–H groups in total. The summed E-state index contributed by atoms with van der Waals surface area (Å²) in [5, 5.41) is 0.734. The number of amides is 1. The van der Waals surface area contributed by atoms with Crippen molar-refractivity contribution in [3.8, 4) is 5.19 Å². The Morgan fingerprint density at radius 2 is 1.61 bits per heavy atom. The van der Waals surface area contributed by atoms with Crippen LogP contribution in [0.15, 0.2) is 78.9 Å². The third kappa shape index (κ3) is 4.93. The minimum atomic E-state index is 0.0693. The molecule has 0 aliphatic carbocycles. The number of ether oxygens (including phenoxy) is 1. The molecule has 1 saturated heterocycles.